The lowest BCUT2D eigenvalue weighted by atomic mass is 10.1. The molecule has 8 heteroatoms. The van der Waals surface area contributed by atoms with Crippen LogP contribution in [0.3, 0.4) is 0 Å². The van der Waals surface area contributed by atoms with E-state index in [9.17, 15) is 18.0 Å². The molecule has 1 aliphatic heterocycles. The van der Waals surface area contributed by atoms with Gasteiger partial charge in [0.25, 0.3) is 5.91 Å². The van der Waals surface area contributed by atoms with Gasteiger partial charge in [0, 0.05) is 18.7 Å². The molecule has 0 radical (unpaired) electrons. The van der Waals surface area contributed by atoms with Crippen molar-refractivity contribution < 1.29 is 18.0 Å². The number of fused-ring (bicyclic) bond motifs is 2. The van der Waals surface area contributed by atoms with E-state index in [-0.39, 0.29) is 31.4 Å². The minimum Gasteiger partial charge on any atom is -0.329 e. The second-order valence-corrected chi connectivity index (χ2v) is 5.88. The van der Waals surface area contributed by atoms with Crippen molar-refractivity contribution in [2.75, 3.05) is 6.54 Å². The number of aromatic nitrogens is 3. The zero-order valence-corrected chi connectivity index (χ0v) is 13.0. The van der Waals surface area contributed by atoms with Crippen molar-refractivity contribution in [3.05, 3.63) is 59.7 Å². The van der Waals surface area contributed by atoms with Crippen LogP contribution in [0, 0.1) is 0 Å². The largest absolute Gasteiger partial charge is 0.451 e. The highest BCUT2D eigenvalue weighted by molar-refractivity contribution is 5.98. The topological polar surface area (TPSA) is 51.0 Å². The third kappa shape index (κ3) is 2.73. The highest BCUT2D eigenvalue weighted by atomic mass is 19.4. The molecule has 0 aliphatic carbocycles. The van der Waals surface area contributed by atoms with Gasteiger partial charge >= 0.3 is 6.18 Å². The van der Waals surface area contributed by atoms with E-state index in [0.29, 0.717) is 5.56 Å². The van der Waals surface area contributed by atoms with E-state index in [0.717, 1.165) is 15.3 Å². The van der Waals surface area contributed by atoms with E-state index in [1.54, 1.807) is 12.1 Å². The lowest BCUT2D eigenvalue weighted by molar-refractivity contribution is -0.147. The molecule has 0 N–H and O–H groups in total. The van der Waals surface area contributed by atoms with Gasteiger partial charge in [-0.15, -0.1) is 10.2 Å². The molecule has 0 spiro atoms. The number of nitrogens with zero attached hydrogens (tertiary/aromatic N) is 4. The molecule has 2 heterocycles. The average molecular weight is 346 g/mol. The highest BCUT2D eigenvalue weighted by Gasteiger charge is 2.39. The van der Waals surface area contributed by atoms with Gasteiger partial charge in [0.2, 0.25) is 5.82 Å². The predicted molar refractivity (Wildman–Crippen MR) is 83.7 cm³/mol. The van der Waals surface area contributed by atoms with E-state index in [1.807, 2.05) is 30.3 Å². The third-order valence-electron chi connectivity index (χ3n) is 4.29. The number of rotatable bonds is 1. The summed E-state index contributed by atoms with van der Waals surface area (Å²) in [6.07, 6.45) is -4.55. The maximum Gasteiger partial charge on any atom is 0.451 e. The molecule has 0 saturated carbocycles. The molecule has 25 heavy (non-hydrogen) atoms. The van der Waals surface area contributed by atoms with Crippen LogP contribution < -0.4 is 0 Å². The number of halogens is 3. The first-order valence-corrected chi connectivity index (χ1v) is 7.71. The Morgan fingerprint density at radius 3 is 2.52 bits per heavy atom. The van der Waals surface area contributed by atoms with Crippen LogP contribution in [0.2, 0.25) is 0 Å². The van der Waals surface area contributed by atoms with Crippen molar-refractivity contribution >= 4 is 16.7 Å². The summed E-state index contributed by atoms with van der Waals surface area (Å²) in [5, 5.41) is 8.78. The van der Waals surface area contributed by atoms with Gasteiger partial charge in [-0.3, -0.25) is 4.79 Å². The van der Waals surface area contributed by atoms with Crippen LogP contribution in [0.15, 0.2) is 42.5 Å². The van der Waals surface area contributed by atoms with E-state index in [4.69, 9.17) is 0 Å². The number of amides is 1. The summed E-state index contributed by atoms with van der Waals surface area (Å²) in [5.74, 6) is -1.10. The second kappa shape index (κ2) is 5.58. The first-order chi connectivity index (χ1) is 11.9. The summed E-state index contributed by atoms with van der Waals surface area (Å²) in [5.41, 5.74) is 0.503. The maximum absolute atomic E-state index is 12.9. The van der Waals surface area contributed by atoms with Gasteiger partial charge in [0.1, 0.15) is 0 Å². The van der Waals surface area contributed by atoms with Crippen LogP contribution in [0.4, 0.5) is 13.2 Å². The SMILES string of the molecule is O=C(c1ccc2ccccc2c1)N1CCn2c(nnc2C(F)(F)F)C1. The molecule has 1 aromatic heterocycles. The first-order valence-electron chi connectivity index (χ1n) is 7.71. The number of alkyl halides is 3. The molecular formula is C17H13F3N4O. The summed E-state index contributed by atoms with van der Waals surface area (Å²) in [6, 6.07) is 13.0. The van der Waals surface area contributed by atoms with Crippen molar-refractivity contribution in [3.63, 3.8) is 0 Å². The number of hydrogen-bond donors (Lipinski definition) is 0. The highest BCUT2D eigenvalue weighted by Crippen LogP contribution is 2.29. The Labute approximate surface area is 140 Å². The predicted octanol–water partition coefficient (Wildman–Crippen LogP) is 3.11. The Balaban J connectivity index is 1.60. The molecule has 0 atom stereocenters. The molecule has 3 aromatic rings. The zero-order chi connectivity index (χ0) is 17.6. The summed E-state index contributed by atoms with van der Waals surface area (Å²) < 4.78 is 39.7. The van der Waals surface area contributed by atoms with Crippen LogP contribution in [-0.4, -0.2) is 32.1 Å². The van der Waals surface area contributed by atoms with Crippen LogP contribution in [0.5, 0.6) is 0 Å². The molecule has 0 fully saturated rings. The minimum atomic E-state index is -4.55. The molecule has 2 aromatic carbocycles. The van der Waals surface area contributed by atoms with Gasteiger partial charge in [-0.1, -0.05) is 30.3 Å². The molecule has 1 amide bonds. The van der Waals surface area contributed by atoms with E-state index >= 15 is 0 Å². The third-order valence-corrected chi connectivity index (χ3v) is 4.29. The van der Waals surface area contributed by atoms with E-state index in [1.165, 1.54) is 4.90 Å². The number of benzene rings is 2. The molecule has 5 nitrogen and oxygen atoms in total. The smallest absolute Gasteiger partial charge is 0.329 e. The molecule has 4 rings (SSSR count). The van der Waals surface area contributed by atoms with Gasteiger partial charge in [0.15, 0.2) is 5.82 Å². The fourth-order valence-corrected chi connectivity index (χ4v) is 3.05. The van der Waals surface area contributed by atoms with Crippen LogP contribution >= 0.6 is 0 Å². The van der Waals surface area contributed by atoms with Crippen LogP contribution in [0.25, 0.3) is 10.8 Å². The Kier molecular flexibility index (Phi) is 3.48. The molecule has 0 bridgehead atoms. The summed E-state index contributed by atoms with van der Waals surface area (Å²) >= 11 is 0. The first kappa shape index (κ1) is 15.6. The number of carbonyl (C=O) groups is 1. The second-order valence-electron chi connectivity index (χ2n) is 5.88. The summed E-state index contributed by atoms with van der Waals surface area (Å²) in [6.45, 7) is 0.213. The quantitative estimate of drug-likeness (QED) is 0.680. The normalized spacial score (nSPS) is 14.6. The molecular weight excluding hydrogens is 333 g/mol. The number of hydrogen-bond acceptors (Lipinski definition) is 3. The van der Waals surface area contributed by atoms with E-state index in [2.05, 4.69) is 10.2 Å². The molecule has 0 saturated heterocycles. The average Bonchev–Trinajstić information content (AvgIpc) is 3.04. The fraction of sp³-hybridized carbons (Fsp3) is 0.235. The monoisotopic (exact) mass is 346 g/mol. The molecule has 128 valence electrons. The Morgan fingerprint density at radius 1 is 1.00 bits per heavy atom. The molecule has 0 unspecified atom stereocenters. The fourth-order valence-electron chi connectivity index (χ4n) is 3.05. The Bertz CT molecular complexity index is 964. The molecule has 1 aliphatic rings. The van der Waals surface area contributed by atoms with Gasteiger partial charge in [-0.2, -0.15) is 13.2 Å². The van der Waals surface area contributed by atoms with Crippen molar-refractivity contribution in [1.82, 2.24) is 19.7 Å². The van der Waals surface area contributed by atoms with Crippen molar-refractivity contribution in [2.24, 2.45) is 0 Å². The van der Waals surface area contributed by atoms with Crippen molar-refractivity contribution in [3.8, 4) is 0 Å². The lowest BCUT2D eigenvalue weighted by Crippen LogP contribution is -2.39. The number of carbonyl (C=O) groups excluding carboxylic acids is 1. The van der Waals surface area contributed by atoms with Gasteiger partial charge in [-0.05, 0) is 22.9 Å². The van der Waals surface area contributed by atoms with Crippen molar-refractivity contribution in [1.29, 1.82) is 0 Å². The van der Waals surface area contributed by atoms with Gasteiger partial charge in [-0.25, -0.2) is 0 Å². The summed E-state index contributed by atoms with van der Waals surface area (Å²) in [4.78, 5) is 14.2. The van der Waals surface area contributed by atoms with Gasteiger partial charge in [0.05, 0.1) is 6.54 Å². The summed E-state index contributed by atoms with van der Waals surface area (Å²) in [7, 11) is 0. The van der Waals surface area contributed by atoms with Crippen LogP contribution in [-0.2, 0) is 19.3 Å². The van der Waals surface area contributed by atoms with E-state index < -0.39 is 12.0 Å². The lowest BCUT2D eigenvalue weighted by Gasteiger charge is -2.28. The maximum atomic E-state index is 12.9. The Morgan fingerprint density at radius 2 is 1.76 bits per heavy atom. The zero-order valence-electron chi connectivity index (χ0n) is 13.0. The van der Waals surface area contributed by atoms with Crippen LogP contribution in [0.1, 0.15) is 22.0 Å². The standard InChI is InChI=1S/C17H13F3N4O/c18-17(19,20)16-22-21-14-10-23(7-8-24(14)16)15(25)13-6-5-11-3-1-2-4-12(11)9-13/h1-6,9H,7-8,10H2. The van der Waals surface area contributed by atoms with Gasteiger partial charge < -0.3 is 9.47 Å². The minimum absolute atomic E-state index is 0.00867. The van der Waals surface area contributed by atoms with Crippen molar-refractivity contribution in [2.45, 2.75) is 19.3 Å². The Hall–Kier alpha value is -2.90.